The van der Waals surface area contributed by atoms with Crippen molar-refractivity contribution in [3.8, 4) is 0 Å². The zero-order valence-electron chi connectivity index (χ0n) is 12.6. The first-order valence-electron chi connectivity index (χ1n) is 7.15. The van der Waals surface area contributed by atoms with Crippen molar-refractivity contribution < 1.29 is 4.84 Å². The summed E-state index contributed by atoms with van der Waals surface area (Å²) in [6.45, 7) is 5.73. The van der Waals surface area contributed by atoms with Crippen LogP contribution in [-0.2, 0) is 11.4 Å². The lowest BCUT2D eigenvalue weighted by atomic mass is 10.1. The number of hydrogen-bond acceptors (Lipinski definition) is 4. The molecule has 1 aromatic carbocycles. The Kier molecular flexibility index (Phi) is 5.51. The lowest BCUT2D eigenvalue weighted by molar-refractivity contribution is 0.151. The van der Waals surface area contributed by atoms with E-state index in [4.69, 9.17) is 10.6 Å². The fourth-order valence-electron chi connectivity index (χ4n) is 2.17. The van der Waals surface area contributed by atoms with Gasteiger partial charge in [0.15, 0.2) is 0 Å². The molecule has 0 fully saturated rings. The highest BCUT2D eigenvalue weighted by atomic mass is 16.6. The van der Waals surface area contributed by atoms with Gasteiger partial charge in [0.25, 0.3) is 0 Å². The Bertz CT molecular complexity index is 590. The number of rotatable bonds is 7. The second-order valence-corrected chi connectivity index (χ2v) is 4.90. The quantitative estimate of drug-likeness (QED) is 0.482. The molecule has 112 valence electrons. The van der Waals surface area contributed by atoms with E-state index in [2.05, 4.69) is 20.9 Å². The Morgan fingerprint density at radius 1 is 1.29 bits per heavy atom. The number of hydrogen-bond donors (Lipinski definition) is 1. The molecule has 2 N–H and O–H groups in total. The lowest BCUT2D eigenvalue weighted by Crippen LogP contribution is -2.11. The zero-order valence-corrected chi connectivity index (χ0v) is 12.6. The van der Waals surface area contributed by atoms with Crippen LogP contribution in [0.3, 0.4) is 0 Å². The van der Waals surface area contributed by atoms with Crippen LogP contribution in [0.1, 0.15) is 23.5 Å². The Morgan fingerprint density at radius 3 is 2.67 bits per heavy atom. The van der Waals surface area contributed by atoms with E-state index in [1.165, 1.54) is 0 Å². The van der Waals surface area contributed by atoms with Crippen molar-refractivity contribution in [1.29, 1.82) is 0 Å². The fraction of sp³-hybridized carbons (Fsp3) is 0.375. The van der Waals surface area contributed by atoms with E-state index in [1.807, 2.05) is 44.2 Å². The molecule has 0 saturated heterocycles. The smallest absolute Gasteiger partial charge is 0.129 e. The normalized spacial score (nSPS) is 11.7. The number of nitrogens with two attached hydrogens (primary N) is 1. The first-order chi connectivity index (χ1) is 10.2. The Hall–Kier alpha value is -2.14. The molecule has 1 heterocycles. The van der Waals surface area contributed by atoms with Crippen LogP contribution in [0.25, 0.3) is 0 Å². The van der Waals surface area contributed by atoms with Crippen LogP contribution in [0.15, 0.2) is 41.7 Å². The van der Waals surface area contributed by atoms with E-state index in [0.717, 1.165) is 35.8 Å². The maximum atomic E-state index is 5.43. The summed E-state index contributed by atoms with van der Waals surface area (Å²) >= 11 is 0. The highest BCUT2D eigenvalue weighted by Gasteiger charge is 2.07. The molecule has 5 heteroatoms. The second-order valence-electron chi connectivity index (χ2n) is 4.90. The van der Waals surface area contributed by atoms with Gasteiger partial charge in [0.05, 0.1) is 11.4 Å². The Labute approximate surface area is 125 Å². The summed E-state index contributed by atoms with van der Waals surface area (Å²) in [6, 6.07) is 10.1. The molecular weight excluding hydrogens is 264 g/mol. The average Bonchev–Trinajstić information content (AvgIpc) is 2.81. The third kappa shape index (κ3) is 4.43. The van der Waals surface area contributed by atoms with Crippen LogP contribution in [0, 0.1) is 13.8 Å². The standard InChI is InChI=1S/C16H22N4O/c1-13-12-20(14(2)18-13)10-8-16(19-21-11-9-17)15-6-4-3-5-7-15/h3-7,12H,8-11,17H2,1-2H3. The average molecular weight is 286 g/mol. The minimum atomic E-state index is 0.430. The molecule has 0 aliphatic heterocycles. The fourth-order valence-corrected chi connectivity index (χ4v) is 2.17. The molecule has 0 aliphatic carbocycles. The lowest BCUT2D eigenvalue weighted by Gasteiger charge is -2.08. The van der Waals surface area contributed by atoms with Gasteiger partial charge in [-0.3, -0.25) is 0 Å². The molecular formula is C16H22N4O. The molecule has 0 amide bonds. The first kappa shape index (κ1) is 15.3. The van der Waals surface area contributed by atoms with Crippen LogP contribution in [0.2, 0.25) is 0 Å². The zero-order chi connectivity index (χ0) is 15.1. The topological polar surface area (TPSA) is 65.4 Å². The second kappa shape index (κ2) is 7.59. The summed E-state index contributed by atoms with van der Waals surface area (Å²) in [5, 5.41) is 4.24. The summed E-state index contributed by atoms with van der Waals surface area (Å²) in [6.07, 6.45) is 2.84. The third-order valence-corrected chi connectivity index (χ3v) is 3.18. The van der Waals surface area contributed by atoms with E-state index in [-0.39, 0.29) is 0 Å². The van der Waals surface area contributed by atoms with E-state index < -0.39 is 0 Å². The monoisotopic (exact) mass is 286 g/mol. The SMILES string of the molecule is Cc1cn(CCC(=NOCCN)c2ccccc2)c(C)n1. The van der Waals surface area contributed by atoms with Gasteiger partial charge in [-0.2, -0.15) is 0 Å². The molecule has 0 atom stereocenters. The van der Waals surface area contributed by atoms with Gasteiger partial charge in [-0.25, -0.2) is 4.98 Å². The van der Waals surface area contributed by atoms with Crippen molar-refractivity contribution in [2.45, 2.75) is 26.8 Å². The molecule has 1 aromatic heterocycles. The minimum Gasteiger partial charge on any atom is -0.394 e. The number of oxime groups is 1. The Balaban J connectivity index is 2.09. The number of aromatic nitrogens is 2. The summed E-state index contributed by atoms with van der Waals surface area (Å²) < 4.78 is 2.14. The van der Waals surface area contributed by atoms with Gasteiger partial charge in [0, 0.05) is 25.7 Å². The summed E-state index contributed by atoms with van der Waals surface area (Å²) in [4.78, 5) is 9.67. The summed E-state index contributed by atoms with van der Waals surface area (Å²) in [7, 11) is 0. The highest BCUT2D eigenvalue weighted by molar-refractivity contribution is 6.00. The van der Waals surface area contributed by atoms with Gasteiger partial charge >= 0.3 is 0 Å². The number of nitrogens with zero attached hydrogens (tertiary/aromatic N) is 3. The summed E-state index contributed by atoms with van der Waals surface area (Å²) in [5.41, 5.74) is 8.47. The van der Waals surface area contributed by atoms with Crippen LogP contribution in [0.5, 0.6) is 0 Å². The van der Waals surface area contributed by atoms with E-state index in [9.17, 15) is 0 Å². The molecule has 0 spiro atoms. The van der Waals surface area contributed by atoms with Crippen molar-refractivity contribution in [2.75, 3.05) is 13.2 Å². The number of benzene rings is 1. The minimum absolute atomic E-state index is 0.430. The van der Waals surface area contributed by atoms with E-state index in [0.29, 0.717) is 13.2 Å². The van der Waals surface area contributed by atoms with Crippen LogP contribution < -0.4 is 5.73 Å². The largest absolute Gasteiger partial charge is 0.394 e. The molecule has 2 aromatic rings. The Morgan fingerprint density at radius 2 is 2.05 bits per heavy atom. The predicted octanol–water partition coefficient (Wildman–Crippen LogP) is 2.27. The van der Waals surface area contributed by atoms with Gasteiger partial charge in [0.2, 0.25) is 0 Å². The van der Waals surface area contributed by atoms with E-state index in [1.54, 1.807) is 0 Å². The predicted molar refractivity (Wildman–Crippen MR) is 84.3 cm³/mol. The van der Waals surface area contributed by atoms with Gasteiger partial charge in [-0.05, 0) is 19.4 Å². The molecule has 0 aliphatic rings. The molecule has 21 heavy (non-hydrogen) atoms. The van der Waals surface area contributed by atoms with Gasteiger partial charge < -0.3 is 15.1 Å². The van der Waals surface area contributed by atoms with Crippen molar-refractivity contribution in [3.63, 3.8) is 0 Å². The molecule has 0 radical (unpaired) electrons. The third-order valence-electron chi connectivity index (χ3n) is 3.18. The van der Waals surface area contributed by atoms with Gasteiger partial charge in [-0.15, -0.1) is 0 Å². The maximum absolute atomic E-state index is 5.43. The first-order valence-corrected chi connectivity index (χ1v) is 7.15. The molecule has 2 rings (SSSR count). The van der Waals surface area contributed by atoms with Crippen LogP contribution in [0.4, 0.5) is 0 Å². The van der Waals surface area contributed by atoms with Gasteiger partial charge in [-0.1, -0.05) is 35.5 Å². The van der Waals surface area contributed by atoms with E-state index >= 15 is 0 Å². The number of imidazole rings is 1. The van der Waals surface area contributed by atoms with Crippen molar-refractivity contribution in [2.24, 2.45) is 10.9 Å². The van der Waals surface area contributed by atoms with Crippen LogP contribution >= 0.6 is 0 Å². The van der Waals surface area contributed by atoms with Crippen molar-refractivity contribution >= 4 is 5.71 Å². The van der Waals surface area contributed by atoms with Crippen LogP contribution in [-0.4, -0.2) is 28.4 Å². The van der Waals surface area contributed by atoms with Crippen molar-refractivity contribution in [3.05, 3.63) is 53.6 Å². The molecule has 0 saturated carbocycles. The molecule has 0 unspecified atom stereocenters. The summed E-state index contributed by atoms with van der Waals surface area (Å²) in [5.74, 6) is 1.02. The molecule has 0 bridgehead atoms. The van der Waals surface area contributed by atoms with Gasteiger partial charge in [0.1, 0.15) is 12.4 Å². The maximum Gasteiger partial charge on any atom is 0.129 e. The molecule has 5 nitrogen and oxygen atoms in total. The number of aryl methyl sites for hydroxylation is 3. The van der Waals surface area contributed by atoms with Crippen molar-refractivity contribution in [1.82, 2.24) is 9.55 Å². The highest BCUT2D eigenvalue weighted by Crippen LogP contribution is 2.09.